The maximum absolute atomic E-state index is 13.1. The van der Waals surface area contributed by atoms with Gasteiger partial charge in [0.25, 0.3) is 0 Å². The Balaban J connectivity index is 2.14. The minimum absolute atomic E-state index is 0.0447. The van der Waals surface area contributed by atoms with E-state index in [0.717, 1.165) is 17.5 Å². The number of allylic oxidation sites excluding steroid dienone is 2. The zero-order valence-electron chi connectivity index (χ0n) is 14.7. The van der Waals surface area contributed by atoms with Crippen molar-refractivity contribution in [2.75, 3.05) is 20.8 Å². The Morgan fingerprint density at radius 1 is 1.08 bits per heavy atom. The van der Waals surface area contributed by atoms with E-state index in [1.165, 1.54) is 14.2 Å². The van der Waals surface area contributed by atoms with E-state index in [-0.39, 0.29) is 41.5 Å². The largest absolute Gasteiger partial charge is 0.489 e. The number of benzene rings is 1. The molecule has 5 nitrogen and oxygen atoms in total. The summed E-state index contributed by atoms with van der Waals surface area (Å²) >= 11 is 0. The Bertz CT molecular complexity index is 787. The topological polar surface area (TPSA) is 72.8 Å². The minimum Gasteiger partial charge on any atom is -0.489 e. The monoisotopic (exact) mass is 342 g/mol. The van der Waals surface area contributed by atoms with E-state index in [0.29, 0.717) is 17.6 Å². The van der Waals surface area contributed by atoms with Gasteiger partial charge in [-0.25, -0.2) is 0 Å². The van der Waals surface area contributed by atoms with Crippen LogP contribution in [0, 0.1) is 5.92 Å². The van der Waals surface area contributed by atoms with Gasteiger partial charge in [-0.2, -0.15) is 0 Å². The van der Waals surface area contributed by atoms with Gasteiger partial charge in [-0.05, 0) is 36.8 Å². The van der Waals surface area contributed by atoms with E-state index < -0.39 is 0 Å². The SMILES string of the molecule is COC1=C(OC)C(=O)C(C2CC(CO)Cc3ccccc32)=C(C)C1=O. The maximum Gasteiger partial charge on any atom is 0.228 e. The summed E-state index contributed by atoms with van der Waals surface area (Å²) in [5.74, 6) is -0.898. The number of Topliss-reactive ketones (excluding diaryl/α,β-unsaturated/α-hetero) is 2. The Hall–Kier alpha value is -2.40. The second-order valence-corrected chi connectivity index (χ2v) is 6.50. The molecule has 0 spiro atoms. The number of rotatable bonds is 4. The first-order valence-electron chi connectivity index (χ1n) is 8.34. The number of ether oxygens (including phenoxy) is 2. The fourth-order valence-corrected chi connectivity index (χ4v) is 3.91. The standard InChI is InChI=1S/C20H22O5/c1-11-16(18(23)20(25-3)19(24-2)17(11)22)15-9-12(10-21)8-13-6-4-5-7-14(13)15/h4-7,12,15,21H,8-10H2,1-3H3. The molecule has 132 valence electrons. The molecule has 0 saturated heterocycles. The molecule has 1 aromatic carbocycles. The number of hydrogen-bond donors (Lipinski definition) is 1. The number of aliphatic hydroxyl groups is 1. The number of hydrogen-bond acceptors (Lipinski definition) is 5. The van der Waals surface area contributed by atoms with Crippen molar-refractivity contribution in [3.8, 4) is 0 Å². The Morgan fingerprint density at radius 2 is 1.72 bits per heavy atom. The molecule has 0 fully saturated rings. The van der Waals surface area contributed by atoms with Crippen molar-refractivity contribution in [3.63, 3.8) is 0 Å². The average molecular weight is 342 g/mol. The van der Waals surface area contributed by atoms with Gasteiger partial charge in [-0.3, -0.25) is 9.59 Å². The van der Waals surface area contributed by atoms with Crippen molar-refractivity contribution >= 4 is 11.6 Å². The molecule has 2 aliphatic carbocycles. The molecule has 3 rings (SSSR count). The molecule has 1 aromatic rings. The van der Waals surface area contributed by atoms with Crippen LogP contribution in [0.25, 0.3) is 0 Å². The summed E-state index contributed by atoms with van der Waals surface area (Å²) in [6, 6.07) is 7.90. The highest BCUT2D eigenvalue weighted by Gasteiger charge is 2.40. The molecule has 1 N–H and O–H groups in total. The first kappa shape index (κ1) is 17.4. The van der Waals surface area contributed by atoms with Gasteiger partial charge < -0.3 is 14.6 Å². The summed E-state index contributed by atoms with van der Waals surface area (Å²) in [5, 5.41) is 9.67. The first-order valence-corrected chi connectivity index (χ1v) is 8.34. The van der Waals surface area contributed by atoms with Crippen molar-refractivity contribution in [1.29, 1.82) is 0 Å². The number of aliphatic hydroxyl groups excluding tert-OH is 1. The van der Waals surface area contributed by atoms with Crippen LogP contribution in [0.15, 0.2) is 46.9 Å². The number of ketones is 2. The van der Waals surface area contributed by atoms with Crippen LogP contribution < -0.4 is 0 Å². The zero-order chi connectivity index (χ0) is 18.1. The molecule has 0 bridgehead atoms. The van der Waals surface area contributed by atoms with Crippen LogP contribution in [0.3, 0.4) is 0 Å². The summed E-state index contributed by atoms with van der Waals surface area (Å²) < 4.78 is 10.3. The number of carbonyl (C=O) groups is 2. The van der Waals surface area contributed by atoms with Crippen molar-refractivity contribution < 1.29 is 24.2 Å². The molecule has 0 amide bonds. The molecule has 2 atom stereocenters. The summed E-state index contributed by atoms with van der Waals surface area (Å²) in [6.07, 6.45) is 1.40. The third-order valence-corrected chi connectivity index (χ3v) is 5.13. The summed E-state index contributed by atoms with van der Waals surface area (Å²) in [4.78, 5) is 25.7. The number of methoxy groups -OCH3 is 2. The van der Waals surface area contributed by atoms with Crippen LogP contribution >= 0.6 is 0 Å². The normalized spacial score (nSPS) is 23.7. The average Bonchev–Trinajstić information content (AvgIpc) is 2.64. The molecule has 25 heavy (non-hydrogen) atoms. The van der Waals surface area contributed by atoms with Gasteiger partial charge in [0, 0.05) is 23.7 Å². The van der Waals surface area contributed by atoms with Gasteiger partial charge in [-0.1, -0.05) is 24.3 Å². The molecular formula is C20H22O5. The second kappa shape index (κ2) is 6.84. The summed E-state index contributed by atoms with van der Waals surface area (Å²) in [5.41, 5.74) is 2.99. The lowest BCUT2D eigenvalue weighted by atomic mass is 9.70. The molecule has 0 heterocycles. The van der Waals surface area contributed by atoms with Crippen molar-refractivity contribution in [3.05, 3.63) is 58.1 Å². The highest BCUT2D eigenvalue weighted by atomic mass is 16.5. The van der Waals surface area contributed by atoms with Gasteiger partial charge in [0.1, 0.15) is 0 Å². The van der Waals surface area contributed by atoms with Crippen molar-refractivity contribution in [2.45, 2.75) is 25.7 Å². The van der Waals surface area contributed by atoms with E-state index in [1.807, 2.05) is 24.3 Å². The van der Waals surface area contributed by atoms with Gasteiger partial charge in [0.15, 0.2) is 0 Å². The van der Waals surface area contributed by atoms with Crippen LogP contribution in [-0.2, 0) is 25.5 Å². The summed E-state index contributed by atoms with van der Waals surface area (Å²) in [6.45, 7) is 1.71. The highest BCUT2D eigenvalue weighted by molar-refractivity contribution is 6.24. The van der Waals surface area contributed by atoms with Crippen molar-refractivity contribution in [1.82, 2.24) is 0 Å². The van der Waals surface area contributed by atoms with Crippen molar-refractivity contribution in [2.24, 2.45) is 5.92 Å². The molecule has 5 heteroatoms. The maximum atomic E-state index is 13.1. The first-order chi connectivity index (χ1) is 12.0. The Kier molecular flexibility index (Phi) is 4.77. The van der Waals surface area contributed by atoms with Gasteiger partial charge in [0.2, 0.25) is 23.1 Å². The highest BCUT2D eigenvalue weighted by Crippen LogP contribution is 2.43. The Labute approximate surface area is 146 Å². The van der Waals surface area contributed by atoms with Crippen LogP contribution in [0.5, 0.6) is 0 Å². The van der Waals surface area contributed by atoms with E-state index in [2.05, 4.69) is 0 Å². The predicted octanol–water partition coefficient (Wildman–Crippen LogP) is 2.30. The van der Waals surface area contributed by atoms with E-state index in [9.17, 15) is 14.7 Å². The molecular weight excluding hydrogens is 320 g/mol. The third kappa shape index (κ3) is 2.78. The molecule has 0 saturated carbocycles. The minimum atomic E-state index is -0.322. The summed E-state index contributed by atoms with van der Waals surface area (Å²) in [7, 11) is 2.72. The quantitative estimate of drug-likeness (QED) is 0.850. The van der Waals surface area contributed by atoms with Crippen LogP contribution in [0.4, 0.5) is 0 Å². The smallest absolute Gasteiger partial charge is 0.228 e. The van der Waals surface area contributed by atoms with E-state index in [4.69, 9.17) is 9.47 Å². The number of fused-ring (bicyclic) bond motifs is 1. The van der Waals surface area contributed by atoms with E-state index >= 15 is 0 Å². The fraction of sp³-hybridized carbons (Fsp3) is 0.400. The van der Waals surface area contributed by atoms with Gasteiger partial charge >= 0.3 is 0 Å². The fourth-order valence-electron chi connectivity index (χ4n) is 3.91. The van der Waals surface area contributed by atoms with E-state index in [1.54, 1.807) is 6.92 Å². The van der Waals surface area contributed by atoms with Gasteiger partial charge in [-0.15, -0.1) is 0 Å². The molecule has 0 aromatic heterocycles. The van der Waals surface area contributed by atoms with Crippen LogP contribution in [0.2, 0.25) is 0 Å². The van der Waals surface area contributed by atoms with Crippen LogP contribution in [0.1, 0.15) is 30.4 Å². The lowest BCUT2D eigenvalue weighted by molar-refractivity contribution is -0.121. The number of carbonyl (C=O) groups excluding carboxylic acids is 2. The molecule has 0 aliphatic heterocycles. The molecule has 0 radical (unpaired) electrons. The van der Waals surface area contributed by atoms with Gasteiger partial charge in [0.05, 0.1) is 14.2 Å². The second-order valence-electron chi connectivity index (χ2n) is 6.50. The third-order valence-electron chi connectivity index (χ3n) is 5.13. The predicted molar refractivity (Wildman–Crippen MR) is 91.8 cm³/mol. The zero-order valence-corrected chi connectivity index (χ0v) is 14.7. The molecule has 2 unspecified atom stereocenters. The lowest BCUT2D eigenvalue weighted by Crippen LogP contribution is -2.31. The molecule has 2 aliphatic rings. The lowest BCUT2D eigenvalue weighted by Gasteiger charge is -2.34. The van der Waals surface area contributed by atoms with Crippen LogP contribution in [-0.4, -0.2) is 37.5 Å². The Morgan fingerprint density at radius 3 is 2.36 bits per heavy atom.